The fourth-order valence-corrected chi connectivity index (χ4v) is 3.49. The van der Waals surface area contributed by atoms with Gasteiger partial charge in [-0.1, -0.05) is 12.1 Å². The van der Waals surface area contributed by atoms with Gasteiger partial charge in [-0.15, -0.1) is 0 Å². The van der Waals surface area contributed by atoms with Crippen molar-refractivity contribution in [2.24, 2.45) is 0 Å². The first-order valence-corrected chi connectivity index (χ1v) is 9.61. The third-order valence-corrected chi connectivity index (χ3v) is 5.29. The Morgan fingerprint density at radius 2 is 1.60 bits per heavy atom. The lowest BCUT2D eigenvalue weighted by Crippen LogP contribution is -2.53. The second kappa shape index (κ2) is 7.87. The Balaban J connectivity index is 1.83. The summed E-state index contributed by atoms with van der Waals surface area (Å²) in [6, 6.07) is 11.8. The van der Waals surface area contributed by atoms with Crippen LogP contribution in [-0.4, -0.2) is 58.6 Å². The molecule has 0 bridgehead atoms. The van der Waals surface area contributed by atoms with Crippen LogP contribution < -0.4 is 24.4 Å². The summed E-state index contributed by atoms with van der Waals surface area (Å²) >= 11 is 0. The minimum Gasteiger partial charge on any atom is -0.497 e. The molecule has 1 aromatic heterocycles. The largest absolute Gasteiger partial charge is 0.497 e. The Hall–Kier alpha value is -3.26. The van der Waals surface area contributed by atoms with E-state index in [0.717, 1.165) is 22.2 Å². The summed E-state index contributed by atoms with van der Waals surface area (Å²) in [4.78, 5) is 11.3. The van der Waals surface area contributed by atoms with E-state index in [1.807, 2.05) is 55.4 Å². The summed E-state index contributed by atoms with van der Waals surface area (Å²) < 4.78 is 21.9. The zero-order chi connectivity index (χ0) is 21.3. The number of nitrogens with zero attached hydrogens (tertiary/aromatic N) is 3. The monoisotopic (exact) mass is 410 g/mol. The second-order valence-electron chi connectivity index (χ2n) is 7.42. The molecule has 0 unspecified atom stereocenters. The van der Waals surface area contributed by atoms with Gasteiger partial charge in [0.15, 0.2) is 11.5 Å². The molecular formula is C22H26N4O4. The molecule has 2 heterocycles. The molecule has 0 atom stereocenters. The molecule has 1 aliphatic heterocycles. The van der Waals surface area contributed by atoms with Gasteiger partial charge in [0.05, 0.1) is 40.1 Å². The van der Waals surface area contributed by atoms with Gasteiger partial charge in [-0.3, -0.25) is 0 Å². The first-order valence-electron chi connectivity index (χ1n) is 9.61. The van der Waals surface area contributed by atoms with Gasteiger partial charge in [0.25, 0.3) is 0 Å². The van der Waals surface area contributed by atoms with Gasteiger partial charge < -0.3 is 29.2 Å². The number of benzene rings is 2. The van der Waals surface area contributed by atoms with Crippen LogP contribution in [0, 0.1) is 0 Å². The van der Waals surface area contributed by atoms with Crippen LogP contribution in [0.5, 0.6) is 17.2 Å². The second-order valence-corrected chi connectivity index (χ2v) is 7.42. The predicted molar refractivity (Wildman–Crippen MR) is 116 cm³/mol. The molecule has 3 aromatic rings. The molecule has 8 nitrogen and oxygen atoms in total. The van der Waals surface area contributed by atoms with E-state index in [4.69, 9.17) is 23.9 Å². The van der Waals surface area contributed by atoms with Crippen molar-refractivity contribution in [1.82, 2.24) is 9.97 Å². The van der Waals surface area contributed by atoms with Crippen molar-refractivity contribution in [3.05, 3.63) is 42.0 Å². The van der Waals surface area contributed by atoms with Crippen LogP contribution >= 0.6 is 0 Å². The number of aromatic nitrogens is 2. The van der Waals surface area contributed by atoms with Crippen molar-refractivity contribution in [3.8, 4) is 17.2 Å². The summed E-state index contributed by atoms with van der Waals surface area (Å²) in [6.45, 7) is 1.07. The van der Waals surface area contributed by atoms with Crippen molar-refractivity contribution >= 4 is 22.7 Å². The SMILES string of the molecule is COc1ccc(C2(Nc3nc(N(C)C)nc4cc(OC)c(OC)cc34)COC2)cc1. The molecule has 0 aliphatic carbocycles. The fraction of sp³-hybridized carbons (Fsp3) is 0.364. The smallest absolute Gasteiger partial charge is 0.227 e. The zero-order valence-electron chi connectivity index (χ0n) is 17.9. The molecule has 1 N–H and O–H groups in total. The molecule has 0 spiro atoms. The van der Waals surface area contributed by atoms with Crippen LogP contribution in [0.15, 0.2) is 36.4 Å². The van der Waals surface area contributed by atoms with E-state index in [9.17, 15) is 0 Å². The number of fused-ring (bicyclic) bond motifs is 1. The van der Waals surface area contributed by atoms with E-state index in [-0.39, 0.29) is 5.54 Å². The van der Waals surface area contributed by atoms with Crippen molar-refractivity contribution in [2.45, 2.75) is 5.54 Å². The highest BCUT2D eigenvalue weighted by molar-refractivity contribution is 5.93. The summed E-state index contributed by atoms with van der Waals surface area (Å²) in [5.74, 6) is 3.37. The topological polar surface area (TPSA) is 78.0 Å². The fourth-order valence-electron chi connectivity index (χ4n) is 3.49. The summed E-state index contributed by atoms with van der Waals surface area (Å²) in [5.41, 5.74) is 1.48. The van der Waals surface area contributed by atoms with Gasteiger partial charge in [-0.05, 0) is 23.8 Å². The van der Waals surface area contributed by atoms with Crippen LogP contribution in [0.3, 0.4) is 0 Å². The molecule has 2 aromatic carbocycles. The summed E-state index contributed by atoms with van der Waals surface area (Å²) in [7, 11) is 8.72. The number of hydrogen-bond acceptors (Lipinski definition) is 8. The number of nitrogens with one attached hydrogen (secondary N) is 1. The summed E-state index contributed by atoms with van der Waals surface area (Å²) in [5, 5.41) is 4.48. The standard InChI is InChI=1S/C22H26N4O4/c1-26(2)21-23-17-11-19(29-5)18(28-4)10-16(17)20(24-21)25-22(12-30-13-22)14-6-8-15(27-3)9-7-14/h6-11H,12-13H2,1-5H3,(H,23,24,25). The van der Waals surface area contributed by atoms with Gasteiger partial charge in [-0.25, -0.2) is 4.98 Å². The average molecular weight is 410 g/mol. The molecule has 30 heavy (non-hydrogen) atoms. The number of methoxy groups -OCH3 is 3. The quantitative estimate of drug-likeness (QED) is 0.637. The van der Waals surface area contributed by atoms with E-state index < -0.39 is 0 Å². The minimum absolute atomic E-state index is 0.385. The molecule has 4 rings (SSSR count). The van der Waals surface area contributed by atoms with Crippen LogP contribution in [-0.2, 0) is 10.3 Å². The van der Waals surface area contributed by atoms with Crippen LogP contribution in [0.2, 0.25) is 0 Å². The van der Waals surface area contributed by atoms with Crippen LogP contribution in [0.25, 0.3) is 10.9 Å². The highest BCUT2D eigenvalue weighted by Gasteiger charge is 2.41. The van der Waals surface area contributed by atoms with Gasteiger partial charge in [0.1, 0.15) is 17.1 Å². The molecule has 1 fully saturated rings. The molecule has 1 aliphatic rings. The van der Waals surface area contributed by atoms with Crippen molar-refractivity contribution in [2.75, 3.05) is 58.9 Å². The average Bonchev–Trinajstić information content (AvgIpc) is 2.74. The lowest BCUT2D eigenvalue weighted by atomic mass is 9.87. The molecule has 0 amide bonds. The first-order chi connectivity index (χ1) is 14.5. The van der Waals surface area contributed by atoms with Gasteiger partial charge in [0.2, 0.25) is 5.95 Å². The number of hydrogen-bond donors (Lipinski definition) is 1. The summed E-state index contributed by atoms with van der Waals surface area (Å²) in [6.07, 6.45) is 0. The van der Waals surface area contributed by atoms with E-state index in [1.54, 1.807) is 21.3 Å². The van der Waals surface area contributed by atoms with Gasteiger partial charge in [0, 0.05) is 25.5 Å². The van der Waals surface area contributed by atoms with Gasteiger partial charge in [-0.2, -0.15) is 4.98 Å². The number of rotatable bonds is 7. The Morgan fingerprint density at radius 1 is 0.933 bits per heavy atom. The van der Waals surface area contributed by atoms with Crippen molar-refractivity contribution in [1.29, 1.82) is 0 Å². The highest BCUT2D eigenvalue weighted by atomic mass is 16.5. The van der Waals surface area contributed by atoms with E-state index in [2.05, 4.69) is 10.3 Å². The maximum atomic E-state index is 5.60. The Bertz CT molecular complexity index is 1050. The van der Waals surface area contributed by atoms with Crippen LogP contribution in [0.4, 0.5) is 11.8 Å². The molecular weight excluding hydrogens is 384 g/mol. The lowest BCUT2D eigenvalue weighted by Gasteiger charge is -2.43. The third kappa shape index (κ3) is 3.43. The minimum atomic E-state index is -0.385. The Labute approximate surface area is 175 Å². The molecule has 0 radical (unpaired) electrons. The van der Waals surface area contributed by atoms with Crippen molar-refractivity contribution in [3.63, 3.8) is 0 Å². The number of ether oxygens (including phenoxy) is 4. The van der Waals surface area contributed by atoms with E-state index in [1.165, 1.54) is 0 Å². The normalized spacial score (nSPS) is 14.7. The Kier molecular flexibility index (Phi) is 5.26. The molecule has 158 valence electrons. The van der Waals surface area contributed by atoms with Gasteiger partial charge >= 0.3 is 0 Å². The lowest BCUT2D eigenvalue weighted by molar-refractivity contribution is -0.0448. The van der Waals surface area contributed by atoms with E-state index >= 15 is 0 Å². The molecule has 0 saturated carbocycles. The van der Waals surface area contributed by atoms with E-state index in [0.29, 0.717) is 36.5 Å². The Morgan fingerprint density at radius 3 is 2.13 bits per heavy atom. The highest BCUT2D eigenvalue weighted by Crippen LogP contribution is 2.39. The van der Waals surface area contributed by atoms with Crippen molar-refractivity contribution < 1.29 is 18.9 Å². The maximum Gasteiger partial charge on any atom is 0.227 e. The maximum absolute atomic E-state index is 5.60. The first kappa shape index (κ1) is 20.0. The molecule has 1 saturated heterocycles. The zero-order valence-corrected chi connectivity index (χ0v) is 17.9. The molecule has 8 heteroatoms. The predicted octanol–water partition coefficient (Wildman–Crippen LogP) is 3.06. The third-order valence-electron chi connectivity index (χ3n) is 5.29. The van der Waals surface area contributed by atoms with Crippen LogP contribution in [0.1, 0.15) is 5.56 Å². The number of anilines is 2.